The van der Waals surface area contributed by atoms with E-state index in [-0.39, 0.29) is 18.8 Å². The van der Waals surface area contributed by atoms with Crippen LogP contribution >= 0.6 is 0 Å². The lowest BCUT2D eigenvalue weighted by atomic mass is 10.1. The van der Waals surface area contributed by atoms with Crippen LogP contribution in [-0.4, -0.2) is 30.5 Å². The zero-order valence-corrected chi connectivity index (χ0v) is 14.0. The molecule has 0 unspecified atom stereocenters. The number of aromatic amines is 1. The molecule has 25 heavy (non-hydrogen) atoms. The van der Waals surface area contributed by atoms with Crippen LogP contribution in [0.5, 0.6) is 5.75 Å². The lowest BCUT2D eigenvalue weighted by Gasteiger charge is -2.08. The molecule has 0 amide bonds. The second-order valence-corrected chi connectivity index (χ2v) is 5.64. The number of carbonyl (C=O) groups is 2. The summed E-state index contributed by atoms with van der Waals surface area (Å²) in [5.74, 6) is 0.118. The Hall–Kier alpha value is -3.08. The number of ether oxygens (including phenoxy) is 2. The molecule has 3 rings (SSSR count). The summed E-state index contributed by atoms with van der Waals surface area (Å²) >= 11 is 0. The van der Waals surface area contributed by atoms with Crippen LogP contribution in [0.4, 0.5) is 0 Å². The van der Waals surface area contributed by atoms with Crippen LogP contribution in [0.25, 0.3) is 10.9 Å². The van der Waals surface area contributed by atoms with Gasteiger partial charge in [0.15, 0.2) is 6.61 Å². The lowest BCUT2D eigenvalue weighted by Crippen LogP contribution is -2.14. The molecule has 1 N–H and O–H groups in total. The van der Waals surface area contributed by atoms with E-state index in [1.807, 2.05) is 48.5 Å². The number of fused-ring (bicyclic) bond motifs is 1. The maximum atomic E-state index is 12.3. The number of ketones is 1. The zero-order chi connectivity index (χ0) is 17.6. The molecular formula is C20H19NO4. The van der Waals surface area contributed by atoms with Crippen LogP contribution in [0.3, 0.4) is 0 Å². The molecule has 0 saturated heterocycles. The van der Waals surface area contributed by atoms with Gasteiger partial charge >= 0.3 is 5.97 Å². The Bertz CT molecular complexity index is 897. The standard InChI is InChI=1S/C20H19NO4/c1-24-19-9-5-2-6-14(19)10-11-20(23)25-13-18(22)16-12-21-17-8-4-3-7-15(16)17/h2-9,12,21H,10-11,13H2,1H3. The minimum absolute atomic E-state index is 0.196. The Kier molecular flexibility index (Phi) is 5.14. The van der Waals surface area contributed by atoms with Gasteiger partial charge in [-0.1, -0.05) is 36.4 Å². The van der Waals surface area contributed by atoms with Crippen molar-refractivity contribution in [3.8, 4) is 5.75 Å². The van der Waals surface area contributed by atoms with E-state index in [0.29, 0.717) is 12.0 Å². The van der Waals surface area contributed by atoms with E-state index in [4.69, 9.17) is 9.47 Å². The van der Waals surface area contributed by atoms with Crippen molar-refractivity contribution in [2.45, 2.75) is 12.8 Å². The predicted octanol–water partition coefficient (Wildman–Crippen LogP) is 3.54. The van der Waals surface area contributed by atoms with Gasteiger partial charge in [-0.15, -0.1) is 0 Å². The van der Waals surface area contributed by atoms with Gasteiger partial charge in [0.1, 0.15) is 5.75 Å². The summed E-state index contributed by atoms with van der Waals surface area (Å²) in [6.45, 7) is -0.257. The predicted molar refractivity (Wildman–Crippen MR) is 94.9 cm³/mol. The first-order chi connectivity index (χ1) is 12.2. The fraction of sp³-hybridized carbons (Fsp3) is 0.200. The van der Waals surface area contributed by atoms with Gasteiger partial charge in [-0.05, 0) is 24.1 Å². The molecule has 0 fully saturated rings. The number of rotatable bonds is 7. The third kappa shape index (κ3) is 3.88. The fourth-order valence-corrected chi connectivity index (χ4v) is 2.74. The number of Topliss-reactive ketones (excluding diaryl/α,β-unsaturated/α-hetero) is 1. The molecule has 5 heteroatoms. The summed E-state index contributed by atoms with van der Waals surface area (Å²) in [5, 5.41) is 0.831. The van der Waals surface area contributed by atoms with Crippen LogP contribution in [0, 0.1) is 0 Å². The highest BCUT2D eigenvalue weighted by molar-refractivity contribution is 6.08. The molecule has 0 atom stereocenters. The lowest BCUT2D eigenvalue weighted by molar-refractivity contribution is -0.142. The Balaban J connectivity index is 1.54. The van der Waals surface area contributed by atoms with Crippen molar-refractivity contribution in [3.05, 3.63) is 65.9 Å². The highest BCUT2D eigenvalue weighted by atomic mass is 16.5. The number of H-pyrrole nitrogens is 1. The highest BCUT2D eigenvalue weighted by Crippen LogP contribution is 2.20. The first-order valence-corrected chi connectivity index (χ1v) is 8.06. The zero-order valence-electron chi connectivity index (χ0n) is 14.0. The molecule has 0 radical (unpaired) electrons. The van der Waals surface area contributed by atoms with Crippen molar-refractivity contribution < 1.29 is 19.1 Å². The second kappa shape index (κ2) is 7.66. The number of carbonyl (C=O) groups excluding carboxylic acids is 2. The Labute approximate surface area is 145 Å². The molecule has 5 nitrogen and oxygen atoms in total. The maximum absolute atomic E-state index is 12.3. The van der Waals surface area contributed by atoms with Gasteiger partial charge in [0.05, 0.1) is 7.11 Å². The van der Waals surface area contributed by atoms with E-state index >= 15 is 0 Å². The number of aryl methyl sites for hydroxylation is 1. The molecule has 0 aliphatic heterocycles. The van der Waals surface area contributed by atoms with Crippen molar-refractivity contribution in [2.75, 3.05) is 13.7 Å². The number of methoxy groups -OCH3 is 1. The summed E-state index contributed by atoms with van der Waals surface area (Å²) < 4.78 is 10.4. The van der Waals surface area contributed by atoms with Gasteiger partial charge in [-0.25, -0.2) is 0 Å². The van der Waals surface area contributed by atoms with E-state index in [1.165, 1.54) is 0 Å². The van der Waals surface area contributed by atoms with Crippen molar-refractivity contribution in [1.82, 2.24) is 4.98 Å². The third-order valence-electron chi connectivity index (χ3n) is 4.04. The number of nitrogens with one attached hydrogen (secondary N) is 1. The molecule has 0 aliphatic carbocycles. The van der Waals surface area contributed by atoms with Crippen molar-refractivity contribution in [1.29, 1.82) is 0 Å². The fourth-order valence-electron chi connectivity index (χ4n) is 2.74. The Morgan fingerprint density at radius 2 is 1.80 bits per heavy atom. The average Bonchev–Trinajstić information content (AvgIpc) is 3.09. The number of benzene rings is 2. The molecule has 1 aromatic heterocycles. The first kappa shape index (κ1) is 16.8. The minimum atomic E-state index is -0.404. The summed E-state index contributed by atoms with van der Waals surface area (Å²) in [6.07, 6.45) is 2.35. The number of esters is 1. The Morgan fingerprint density at radius 3 is 2.64 bits per heavy atom. The molecule has 2 aromatic carbocycles. The van der Waals surface area contributed by atoms with E-state index in [9.17, 15) is 9.59 Å². The van der Waals surface area contributed by atoms with Crippen molar-refractivity contribution in [3.63, 3.8) is 0 Å². The Morgan fingerprint density at radius 1 is 1.04 bits per heavy atom. The maximum Gasteiger partial charge on any atom is 0.306 e. The summed E-state index contributed by atoms with van der Waals surface area (Å²) in [6, 6.07) is 15.0. The van der Waals surface area contributed by atoms with Gasteiger partial charge < -0.3 is 14.5 Å². The second-order valence-electron chi connectivity index (χ2n) is 5.64. The van der Waals surface area contributed by atoms with E-state index in [0.717, 1.165) is 22.2 Å². The summed E-state index contributed by atoms with van der Waals surface area (Å²) in [4.78, 5) is 27.3. The molecule has 0 saturated carbocycles. The summed E-state index contributed by atoms with van der Waals surface area (Å²) in [7, 11) is 1.59. The van der Waals surface area contributed by atoms with Gasteiger partial charge in [0, 0.05) is 29.1 Å². The normalized spacial score (nSPS) is 10.6. The van der Waals surface area contributed by atoms with Gasteiger partial charge in [-0.3, -0.25) is 9.59 Å². The van der Waals surface area contributed by atoms with E-state index in [2.05, 4.69) is 4.98 Å². The highest BCUT2D eigenvalue weighted by Gasteiger charge is 2.14. The number of hydrogen-bond donors (Lipinski definition) is 1. The number of para-hydroxylation sites is 2. The van der Waals surface area contributed by atoms with Gasteiger partial charge in [-0.2, -0.15) is 0 Å². The van der Waals surface area contributed by atoms with Gasteiger partial charge in [0.2, 0.25) is 5.78 Å². The van der Waals surface area contributed by atoms with Gasteiger partial charge in [0.25, 0.3) is 0 Å². The van der Waals surface area contributed by atoms with Crippen LogP contribution in [0.2, 0.25) is 0 Å². The van der Waals surface area contributed by atoms with Crippen LogP contribution in [-0.2, 0) is 16.0 Å². The van der Waals surface area contributed by atoms with Crippen LogP contribution in [0.1, 0.15) is 22.3 Å². The molecule has 3 aromatic rings. The molecule has 0 bridgehead atoms. The van der Waals surface area contributed by atoms with E-state index in [1.54, 1.807) is 13.3 Å². The smallest absolute Gasteiger partial charge is 0.306 e. The molecule has 0 spiro atoms. The summed E-state index contributed by atoms with van der Waals surface area (Å²) in [5.41, 5.74) is 2.35. The quantitative estimate of drug-likeness (QED) is 0.529. The minimum Gasteiger partial charge on any atom is -0.496 e. The number of aromatic nitrogens is 1. The van der Waals surface area contributed by atoms with Crippen LogP contribution in [0.15, 0.2) is 54.7 Å². The van der Waals surface area contributed by atoms with Crippen LogP contribution < -0.4 is 4.74 Å². The molecular weight excluding hydrogens is 318 g/mol. The van der Waals surface area contributed by atoms with Crippen molar-refractivity contribution in [2.24, 2.45) is 0 Å². The average molecular weight is 337 g/mol. The topological polar surface area (TPSA) is 68.4 Å². The first-order valence-electron chi connectivity index (χ1n) is 8.06. The van der Waals surface area contributed by atoms with E-state index < -0.39 is 5.97 Å². The van der Waals surface area contributed by atoms with Crippen molar-refractivity contribution >= 4 is 22.7 Å². The number of hydrogen-bond acceptors (Lipinski definition) is 4. The molecule has 128 valence electrons. The monoisotopic (exact) mass is 337 g/mol. The molecule has 1 heterocycles. The largest absolute Gasteiger partial charge is 0.496 e. The SMILES string of the molecule is COc1ccccc1CCC(=O)OCC(=O)c1c[nH]c2ccccc12. The third-order valence-corrected chi connectivity index (χ3v) is 4.04. The molecule has 0 aliphatic rings.